The maximum Gasteiger partial charge on any atom is 0.270 e. The predicted octanol–water partition coefficient (Wildman–Crippen LogP) is 3.19. The molecule has 0 heterocycles. The molecule has 1 aromatic rings. The molecule has 0 fully saturated rings. The first kappa shape index (κ1) is 9.31. The highest BCUT2D eigenvalue weighted by Gasteiger charge is 2.07. The predicted molar refractivity (Wildman–Crippen MR) is 46.9 cm³/mol. The number of nitro benzene ring substituents is 1. The number of rotatable bonds is 2. The van der Waals surface area contributed by atoms with Gasteiger partial charge in [0.2, 0.25) is 0 Å². The van der Waals surface area contributed by atoms with Crippen LogP contribution in [0.25, 0.3) is 10.4 Å². The first-order valence-corrected chi connectivity index (χ1v) is 3.52. The maximum absolute atomic E-state index is 10.3. The summed E-state index contributed by atoms with van der Waals surface area (Å²) in [7, 11) is 0. The average molecular weight is 199 g/mol. The third-order valence-electron chi connectivity index (χ3n) is 1.29. The number of nitrogens with zero attached hydrogens (tertiary/aromatic N) is 4. The van der Waals surface area contributed by atoms with Crippen LogP contribution in [0.4, 0.5) is 11.4 Å². The fourth-order valence-electron chi connectivity index (χ4n) is 0.739. The van der Waals surface area contributed by atoms with E-state index in [2.05, 4.69) is 10.0 Å². The molecule has 0 amide bonds. The summed E-state index contributed by atoms with van der Waals surface area (Å²) in [6.45, 7) is 0. The molecule has 0 aromatic heterocycles. The number of azide groups is 1. The van der Waals surface area contributed by atoms with Gasteiger partial charge in [-0.2, -0.15) is 0 Å². The summed E-state index contributed by atoms with van der Waals surface area (Å²) < 4.78 is 0. The van der Waals surface area contributed by atoms with Crippen molar-refractivity contribution in [3.63, 3.8) is 0 Å². The van der Waals surface area contributed by atoms with Crippen molar-refractivity contribution in [1.82, 2.24) is 0 Å². The molecule has 0 aliphatic heterocycles. The van der Waals surface area contributed by atoms with Crippen LogP contribution >= 0.6 is 11.6 Å². The highest BCUT2D eigenvalue weighted by atomic mass is 35.5. The van der Waals surface area contributed by atoms with Crippen molar-refractivity contribution in [1.29, 1.82) is 0 Å². The quantitative estimate of drug-likeness (QED) is 0.240. The van der Waals surface area contributed by atoms with Crippen molar-refractivity contribution < 1.29 is 4.92 Å². The van der Waals surface area contributed by atoms with Gasteiger partial charge in [-0.3, -0.25) is 10.1 Å². The van der Waals surface area contributed by atoms with Crippen molar-refractivity contribution in [2.24, 2.45) is 5.11 Å². The molecule has 0 atom stereocenters. The van der Waals surface area contributed by atoms with Crippen LogP contribution in [-0.2, 0) is 0 Å². The van der Waals surface area contributed by atoms with E-state index < -0.39 is 4.92 Å². The number of hydrogen-bond donors (Lipinski definition) is 0. The summed E-state index contributed by atoms with van der Waals surface area (Å²) >= 11 is 5.58. The van der Waals surface area contributed by atoms with Gasteiger partial charge in [-0.1, -0.05) is 16.7 Å². The molecular formula is C6H3ClN4O2. The molecule has 1 aromatic carbocycles. The lowest BCUT2D eigenvalue weighted by Gasteiger charge is -1.95. The first-order chi connectivity index (χ1) is 6.15. The van der Waals surface area contributed by atoms with Gasteiger partial charge < -0.3 is 0 Å². The molecule has 0 spiro atoms. The highest BCUT2D eigenvalue weighted by molar-refractivity contribution is 6.33. The van der Waals surface area contributed by atoms with E-state index in [1.165, 1.54) is 12.1 Å². The minimum absolute atomic E-state index is 0.0620. The largest absolute Gasteiger partial charge is 0.270 e. The zero-order chi connectivity index (χ0) is 9.84. The number of nitro groups is 1. The summed E-state index contributed by atoms with van der Waals surface area (Å²) in [6.07, 6.45) is 0. The SMILES string of the molecule is [N-]=[N+]=Nc1ccc([N+](=O)[O-])cc1Cl. The lowest BCUT2D eigenvalue weighted by molar-refractivity contribution is -0.384. The Kier molecular flexibility index (Phi) is 2.69. The Bertz CT molecular complexity index is 400. The number of non-ortho nitro benzene ring substituents is 1. The second kappa shape index (κ2) is 3.75. The van der Waals surface area contributed by atoms with E-state index in [4.69, 9.17) is 17.1 Å². The monoisotopic (exact) mass is 198 g/mol. The molecule has 0 unspecified atom stereocenters. The van der Waals surface area contributed by atoms with Gasteiger partial charge in [0.25, 0.3) is 5.69 Å². The summed E-state index contributed by atoms with van der Waals surface area (Å²) in [6, 6.07) is 3.64. The smallest absolute Gasteiger partial charge is 0.258 e. The molecule has 0 bridgehead atoms. The Balaban J connectivity index is 3.19. The summed E-state index contributed by atoms with van der Waals surface area (Å²) in [5.41, 5.74) is 8.13. The second-order valence-electron chi connectivity index (χ2n) is 2.08. The Labute approximate surface area is 77.5 Å². The molecule has 0 saturated carbocycles. The van der Waals surface area contributed by atoms with Crippen LogP contribution in [0.5, 0.6) is 0 Å². The normalized spacial score (nSPS) is 9.00. The number of hydrogen-bond acceptors (Lipinski definition) is 3. The van der Waals surface area contributed by atoms with E-state index in [9.17, 15) is 10.1 Å². The van der Waals surface area contributed by atoms with Gasteiger partial charge in [0, 0.05) is 17.0 Å². The third kappa shape index (κ3) is 2.08. The van der Waals surface area contributed by atoms with Crippen molar-refractivity contribution in [3.8, 4) is 0 Å². The van der Waals surface area contributed by atoms with Gasteiger partial charge in [0.15, 0.2) is 0 Å². The summed E-state index contributed by atoms with van der Waals surface area (Å²) in [5, 5.41) is 13.6. The fraction of sp³-hybridized carbons (Fsp3) is 0. The lowest BCUT2D eigenvalue weighted by atomic mass is 10.3. The minimum Gasteiger partial charge on any atom is -0.258 e. The van der Waals surface area contributed by atoms with Gasteiger partial charge in [-0.15, -0.1) is 0 Å². The van der Waals surface area contributed by atoms with Crippen molar-refractivity contribution >= 4 is 23.0 Å². The van der Waals surface area contributed by atoms with Gasteiger partial charge in [-0.05, 0) is 11.6 Å². The van der Waals surface area contributed by atoms with E-state index >= 15 is 0 Å². The molecular weight excluding hydrogens is 196 g/mol. The number of benzene rings is 1. The molecule has 66 valence electrons. The van der Waals surface area contributed by atoms with E-state index in [-0.39, 0.29) is 16.4 Å². The second-order valence-corrected chi connectivity index (χ2v) is 2.49. The Hall–Kier alpha value is -1.78. The maximum atomic E-state index is 10.3. The summed E-state index contributed by atoms with van der Waals surface area (Å²) in [4.78, 5) is 12.2. The molecule has 1 rings (SSSR count). The van der Waals surface area contributed by atoms with Gasteiger partial charge in [0.1, 0.15) is 0 Å². The standard InChI is InChI=1S/C6H3ClN4O2/c7-5-3-4(11(12)13)1-2-6(5)9-10-8/h1-3H. The van der Waals surface area contributed by atoms with Crippen LogP contribution in [0, 0.1) is 10.1 Å². The zero-order valence-electron chi connectivity index (χ0n) is 6.22. The minimum atomic E-state index is -0.578. The van der Waals surface area contributed by atoms with Gasteiger partial charge >= 0.3 is 0 Å². The molecule has 0 aliphatic rings. The molecule has 13 heavy (non-hydrogen) atoms. The average Bonchev–Trinajstić information content (AvgIpc) is 2.08. The summed E-state index contributed by atoms with van der Waals surface area (Å²) in [5.74, 6) is 0. The highest BCUT2D eigenvalue weighted by Crippen LogP contribution is 2.28. The van der Waals surface area contributed by atoms with Gasteiger partial charge in [-0.25, -0.2) is 0 Å². The van der Waals surface area contributed by atoms with Gasteiger partial charge in [0.05, 0.1) is 15.6 Å². The van der Waals surface area contributed by atoms with Crippen molar-refractivity contribution in [2.75, 3.05) is 0 Å². The van der Waals surface area contributed by atoms with E-state index in [1.54, 1.807) is 0 Å². The third-order valence-corrected chi connectivity index (χ3v) is 1.60. The molecule has 7 heteroatoms. The number of halogens is 1. The topological polar surface area (TPSA) is 91.9 Å². The Morgan fingerprint density at radius 3 is 2.77 bits per heavy atom. The van der Waals surface area contributed by atoms with E-state index in [0.717, 1.165) is 6.07 Å². The van der Waals surface area contributed by atoms with Crippen LogP contribution in [0.15, 0.2) is 23.3 Å². The first-order valence-electron chi connectivity index (χ1n) is 3.14. The molecule has 0 N–H and O–H groups in total. The van der Waals surface area contributed by atoms with Crippen LogP contribution in [0.1, 0.15) is 0 Å². The van der Waals surface area contributed by atoms with Crippen LogP contribution < -0.4 is 0 Å². The zero-order valence-corrected chi connectivity index (χ0v) is 6.97. The molecule has 0 radical (unpaired) electrons. The van der Waals surface area contributed by atoms with Crippen LogP contribution in [-0.4, -0.2) is 4.92 Å². The molecule has 0 aliphatic carbocycles. The fourth-order valence-corrected chi connectivity index (χ4v) is 0.951. The van der Waals surface area contributed by atoms with Crippen LogP contribution in [0.2, 0.25) is 5.02 Å². The van der Waals surface area contributed by atoms with Crippen molar-refractivity contribution in [2.45, 2.75) is 0 Å². The lowest BCUT2D eigenvalue weighted by Crippen LogP contribution is -1.86. The Morgan fingerprint density at radius 1 is 1.62 bits per heavy atom. The van der Waals surface area contributed by atoms with E-state index in [1.807, 2.05) is 0 Å². The van der Waals surface area contributed by atoms with Crippen molar-refractivity contribution in [3.05, 3.63) is 43.8 Å². The molecule has 6 nitrogen and oxygen atoms in total. The van der Waals surface area contributed by atoms with E-state index in [0.29, 0.717) is 0 Å². The Morgan fingerprint density at radius 2 is 2.31 bits per heavy atom. The molecule has 0 saturated heterocycles. The van der Waals surface area contributed by atoms with Crippen LogP contribution in [0.3, 0.4) is 0 Å².